The van der Waals surface area contributed by atoms with Gasteiger partial charge in [-0.3, -0.25) is 0 Å². The highest BCUT2D eigenvalue weighted by atomic mass is 32.1. The molecule has 19 heavy (non-hydrogen) atoms. The predicted octanol–water partition coefficient (Wildman–Crippen LogP) is 2.25. The van der Waals surface area contributed by atoms with E-state index in [1.54, 1.807) is 6.92 Å². The van der Waals surface area contributed by atoms with Crippen molar-refractivity contribution in [1.29, 1.82) is 0 Å². The Hall–Kier alpha value is -1.14. The second-order valence-corrected chi connectivity index (χ2v) is 5.53. The van der Waals surface area contributed by atoms with Crippen LogP contribution in [0.4, 0.5) is 5.13 Å². The molecular weight excluding hydrogens is 262 g/mol. The van der Waals surface area contributed by atoms with Crippen LogP contribution in [-0.4, -0.2) is 49.6 Å². The Morgan fingerprint density at radius 3 is 2.74 bits per heavy atom. The normalized spacial score (nSPS) is 10.8. The van der Waals surface area contributed by atoms with Crippen molar-refractivity contribution in [2.75, 3.05) is 39.1 Å². The zero-order chi connectivity index (χ0) is 14.3. The van der Waals surface area contributed by atoms with Gasteiger partial charge in [0.2, 0.25) is 0 Å². The van der Waals surface area contributed by atoms with Gasteiger partial charge in [0, 0.05) is 11.4 Å². The van der Waals surface area contributed by atoms with Gasteiger partial charge >= 0.3 is 5.97 Å². The maximum Gasteiger partial charge on any atom is 0.358 e. The quantitative estimate of drug-likeness (QED) is 0.586. The molecule has 0 aliphatic heterocycles. The number of hydrogen-bond acceptors (Lipinski definition) is 6. The van der Waals surface area contributed by atoms with E-state index < -0.39 is 0 Å². The predicted molar refractivity (Wildman–Crippen MR) is 79.1 cm³/mol. The highest BCUT2D eigenvalue weighted by molar-refractivity contribution is 7.15. The summed E-state index contributed by atoms with van der Waals surface area (Å²) in [4.78, 5) is 19.2. The third kappa shape index (κ3) is 5.16. The molecule has 0 aromatic carbocycles. The molecule has 0 amide bonds. The van der Waals surface area contributed by atoms with E-state index in [1.807, 2.05) is 6.92 Å². The second kappa shape index (κ2) is 8.12. The lowest BCUT2D eigenvalue weighted by Gasteiger charge is -2.08. The smallest absolute Gasteiger partial charge is 0.358 e. The van der Waals surface area contributed by atoms with Crippen molar-refractivity contribution in [3.8, 4) is 0 Å². The molecule has 1 aromatic heterocycles. The molecule has 0 saturated heterocycles. The van der Waals surface area contributed by atoms with Crippen LogP contribution in [0.15, 0.2) is 0 Å². The molecule has 6 heteroatoms. The Balaban J connectivity index is 2.58. The molecule has 0 radical (unpaired) electrons. The minimum Gasteiger partial charge on any atom is -0.461 e. The lowest BCUT2D eigenvalue weighted by atomic mass is 10.3. The molecule has 0 unspecified atom stereocenters. The van der Waals surface area contributed by atoms with Gasteiger partial charge in [0.25, 0.3) is 0 Å². The van der Waals surface area contributed by atoms with Crippen molar-refractivity contribution >= 4 is 22.4 Å². The summed E-state index contributed by atoms with van der Waals surface area (Å²) in [6.45, 7) is 6.09. The number of esters is 1. The van der Waals surface area contributed by atoms with Crippen molar-refractivity contribution in [3.63, 3.8) is 0 Å². The number of thiazole rings is 1. The summed E-state index contributed by atoms with van der Waals surface area (Å²) < 4.78 is 5.01. The van der Waals surface area contributed by atoms with Crippen LogP contribution in [0.5, 0.6) is 0 Å². The SMILES string of the molecule is CCOC(=O)c1nc(NCCCN(C)C)sc1CC. The van der Waals surface area contributed by atoms with E-state index >= 15 is 0 Å². The summed E-state index contributed by atoms with van der Waals surface area (Å²) in [5.41, 5.74) is 0.462. The fourth-order valence-electron chi connectivity index (χ4n) is 1.62. The van der Waals surface area contributed by atoms with Crippen molar-refractivity contribution < 1.29 is 9.53 Å². The number of anilines is 1. The van der Waals surface area contributed by atoms with Gasteiger partial charge in [0.1, 0.15) is 0 Å². The van der Waals surface area contributed by atoms with E-state index in [2.05, 4.69) is 29.3 Å². The molecule has 0 aliphatic carbocycles. The van der Waals surface area contributed by atoms with Crippen LogP contribution in [0.1, 0.15) is 35.6 Å². The molecule has 1 heterocycles. The third-order valence-corrected chi connectivity index (χ3v) is 3.70. The van der Waals surface area contributed by atoms with Gasteiger partial charge in [-0.15, -0.1) is 11.3 Å². The summed E-state index contributed by atoms with van der Waals surface area (Å²) in [5.74, 6) is -0.322. The van der Waals surface area contributed by atoms with Crippen LogP contribution in [-0.2, 0) is 11.2 Å². The fourth-order valence-corrected chi connectivity index (χ4v) is 2.53. The van der Waals surface area contributed by atoms with Crippen LogP contribution >= 0.6 is 11.3 Å². The van der Waals surface area contributed by atoms with Crippen LogP contribution in [0.25, 0.3) is 0 Å². The van der Waals surface area contributed by atoms with Crippen LogP contribution in [0.2, 0.25) is 0 Å². The number of nitrogens with one attached hydrogen (secondary N) is 1. The zero-order valence-corrected chi connectivity index (χ0v) is 13.0. The topological polar surface area (TPSA) is 54.5 Å². The van der Waals surface area contributed by atoms with Gasteiger partial charge in [-0.1, -0.05) is 6.92 Å². The maximum absolute atomic E-state index is 11.7. The number of carbonyl (C=O) groups excluding carboxylic acids is 1. The van der Waals surface area contributed by atoms with Crippen LogP contribution in [0, 0.1) is 0 Å². The molecule has 0 atom stereocenters. The summed E-state index contributed by atoms with van der Waals surface area (Å²) >= 11 is 1.54. The Bertz CT molecular complexity index is 405. The van der Waals surface area contributed by atoms with E-state index in [4.69, 9.17) is 4.74 Å². The van der Waals surface area contributed by atoms with Crippen molar-refractivity contribution in [1.82, 2.24) is 9.88 Å². The molecule has 5 nitrogen and oxygen atoms in total. The monoisotopic (exact) mass is 285 g/mol. The number of ether oxygens (including phenoxy) is 1. The lowest BCUT2D eigenvalue weighted by molar-refractivity contribution is 0.0519. The molecule has 1 rings (SSSR count). The average Bonchev–Trinajstić information content (AvgIpc) is 2.78. The van der Waals surface area contributed by atoms with E-state index in [0.717, 1.165) is 35.9 Å². The van der Waals surface area contributed by atoms with E-state index in [-0.39, 0.29) is 5.97 Å². The summed E-state index contributed by atoms with van der Waals surface area (Å²) in [5, 5.41) is 4.07. The summed E-state index contributed by atoms with van der Waals surface area (Å²) in [6, 6.07) is 0. The number of carbonyl (C=O) groups is 1. The zero-order valence-electron chi connectivity index (χ0n) is 12.2. The lowest BCUT2D eigenvalue weighted by Crippen LogP contribution is -2.16. The highest BCUT2D eigenvalue weighted by Crippen LogP contribution is 2.24. The molecule has 0 saturated carbocycles. The first-order valence-electron chi connectivity index (χ1n) is 6.63. The highest BCUT2D eigenvalue weighted by Gasteiger charge is 2.17. The molecule has 0 spiro atoms. The summed E-state index contributed by atoms with van der Waals surface area (Å²) in [7, 11) is 4.11. The van der Waals surface area contributed by atoms with Crippen molar-refractivity contribution in [2.24, 2.45) is 0 Å². The van der Waals surface area contributed by atoms with Gasteiger partial charge in [0.05, 0.1) is 6.61 Å². The number of rotatable bonds is 8. The summed E-state index contributed by atoms with van der Waals surface area (Å²) in [6.07, 6.45) is 1.84. The molecular formula is C13H23N3O2S. The number of hydrogen-bond donors (Lipinski definition) is 1. The van der Waals surface area contributed by atoms with Crippen molar-refractivity contribution in [2.45, 2.75) is 26.7 Å². The third-order valence-electron chi connectivity index (χ3n) is 2.55. The van der Waals surface area contributed by atoms with Crippen LogP contribution < -0.4 is 5.32 Å². The maximum atomic E-state index is 11.7. The molecule has 1 N–H and O–H groups in total. The number of nitrogens with zero attached hydrogens (tertiary/aromatic N) is 2. The Labute approximate surface area is 119 Å². The van der Waals surface area contributed by atoms with Crippen LogP contribution in [0.3, 0.4) is 0 Å². The molecule has 0 aliphatic rings. The largest absolute Gasteiger partial charge is 0.461 e. The Morgan fingerprint density at radius 2 is 2.16 bits per heavy atom. The number of aromatic nitrogens is 1. The van der Waals surface area contributed by atoms with Gasteiger partial charge in [-0.05, 0) is 40.4 Å². The Morgan fingerprint density at radius 1 is 1.42 bits per heavy atom. The van der Waals surface area contributed by atoms with Gasteiger partial charge in [-0.2, -0.15) is 0 Å². The standard InChI is InChI=1S/C13H23N3O2S/c1-5-10-11(12(17)18-6-2)15-13(19-10)14-8-7-9-16(3)4/h5-9H2,1-4H3,(H,14,15). The van der Waals surface area contributed by atoms with E-state index in [0.29, 0.717) is 12.3 Å². The minimum absolute atomic E-state index is 0.322. The second-order valence-electron chi connectivity index (χ2n) is 4.45. The first-order chi connectivity index (χ1) is 9.08. The first kappa shape index (κ1) is 15.9. The molecule has 1 aromatic rings. The molecule has 108 valence electrons. The van der Waals surface area contributed by atoms with Gasteiger partial charge in [0.15, 0.2) is 10.8 Å². The number of aryl methyl sites for hydroxylation is 1. The first-order valence-corrected chi connectivity index (χ1v) is 7.45. The molecule has 0 fully saturated rings. The van der Waals surface area contributed by atoms with Gasteiger partial charge < -0.3 is 15.0 Å². The fraction of sp³-hybridized carbons (Fsp3) is 0.692. The molecule has 0 bridgehead atoms. The van der Waals surface area contributed by atoms with Crippen molar-refractivity contribution in [3.05, 3.63) is 10.6 Å². The average molecular weight is 285 g/mol. The van der Waals surface area contributed by atoms with E-state index in [9.17, 15) is 4.79 Å². The minimum atomic E-state index is -0.322. The van der Waals surface area contributed by atoms with Gasteiger partial charge in [-0.25, -0.2) is 9.78 Å². The van der Waals surface area contributed by atoms with E-state index in [1.165, 1.54) is 11.3 Å². The Kier molecular flexibility index (Phi) is 6.80.